The Morgan fingerprint density at radius 3 is 2.30 bits per heavy atom. The predicted molar refractivity (Wildman–Crippen MR) is 83.1 cm³/mol. The summed E-state index contributed by atoms with van der Waals surface area (Å²) in [6, 6.07) is 14.4. The van der Waals surface area contributed by atoms with Crippen molar-refractivity contribution in [2.45, 2.75) is 19.3 Å². The van der Waals surface area contributed by atoms with Crippen molar-refractivity contribution < 1.29 is 23.8 Å². The van der Waals surface area contributed by atoms with Crippen molar-refractivity contribution in [2.24, 2.45) is 5.73 Å². The minimum absolute atomic E-state index is 0.352. The third-order valence-corrected chi connectivity index (χ3v) is 3.13. The van der Waals surface area contributed by atoms with Gasteiger partial charge in [-0.05, 0) is 23.3 Å². The molecule has 23 heavy (non-hydrogen) atoms. The summed E-state index contributed by atoms with van der Waals surface area (Å²) in [4.78, 5) is 10.4. The van der Waals surface area contributed by atoms with E-state index in [1.165, 1.54) is 0 Å². The van der Waals surface area contributed by atoms with E-state index in [0.717, 1.165) is 11.1 Å². The topological polar surface area (TPSA) is 81.8 Å². The lowest BCUT2D eigenvalue weighted by molar-refractivity contribution is -0.143. The second kappa shape index (κ2) is 8.14. The van der Waals surface area contributed by atoms with Crippen molar-refractivity contribution in [3.63, 3.8) is 0 Å². The van der Waals surface area contributed by atoms with Gasteiger partial charge in [0.15, 0.2) is 0 Å². The molecule has 2 aromatic carbocycles. The number of nitrogens with two attached hydrogens (primary N) is 1. The summed E-state index contributed by atoms with van der Waals surface area (Å²) < 4.78 is 23.7. The minimum Gasteiger partial charge on any atom is -0.490 e. The number of rotatable bonds is 8. The number of benzene rings is 2. The van der Waals surface area contributed by atoms with Crippen molar-refractivity contribution in [3.05, 3.63) is 59.7 Å². The Morgan fingerprint density at radius 1 is 1.09 bits per heavy atom. The number of carboxylic acids is 1. The maximum Gasteiger partial charge on any atom is 0.341 e. The van der Waals surface area contributed by atoms with Crippen LogP contribution in [0.3, 0.4) is 0 Å². The first-order chi connectivity index (χ1) is 11.1. The van der Waals surface area contributed by atoms with E-state index in [4.69, 9.17) is 20.3 Å². The molecule has 1 atom stereocenters. The summed E-state index contributed by atoms with van der Waals surface area (Å²) in [5.74, 6) is -0.639. The summed E-state index contributed by atoms with van der Waals surface area (Å²) in [6.45, 7) is 0.320. The SMILES string of the molecule is NCc1ccc(COc2cccc(OCC(F)C(=O)O)c2)cc1. The molecule has 122 valence electrons. The van der Waals surface area contributed by atoms with Gasteiger partial charge in [0.25, 0.3) is 0 Å². The maximum absolute atomic E-state index is 13.0. The van der Waals surface area contributed by atoms with Crippen LogP contribution in [-0.4, -0.2) is 23.9 Å². The lowest BCUT2D eigenvalue weighted by atomic mass is 10.1. The van der Waals surface area contributed by atoms with Crippen molar-refractivity contribution in [2.75, 3.05) is 6.61 Å². The van der Waals surface area contributed by atoms with E-state index in [-0.39, 0.29) is 0 Å². The number of hydrogen-bond acceptors (Lipinski definition) is 4. The van der Waals surface area contributed by atoms with Crippen LogP contribution in [-0.2, 0) is 17.9 Å². The number of ether oxygens (including phenoxy) is 2. The van der Waals surface area contributed by atoms with Gasteiger partial charge in [-0.25, -0.2) is 9.18 Å². The standard InChI is InChI=1S/C17H18FNO4/c18-16(17(20)21)11-23-15-3-1-2-14(8-15)22-10-13-6-4-12(9-19)5-7-13/h1-8,16H,9-11,19H2,(H,20,21). The van der Waals surface area contributed by atoms with Gasteiger partial charge in [0, 0.05) is 12.6 Å². The summed E-state index contributed by atoms with van der Waals surface area (Å²) in [7, 11) is 0. The molecule has 0 aliphatic carbocycles. The molecule has 0 heterocycles. The Hall–Kier alpha value is -2.60. The zero-order valence-corrected chi connectivity index (χ0v) is 12.4. The molecule has 0 bridgehead atoms. The first-order valence-corrected chi connectivity index (χ1v) is 7.09. The second-order valence-electron chi connectivity index (χ2n) is 4.90. The highest BCUT2D eigenvalue weighted by Gasteiger charge is 2.16. The molecule has 0 aliphatic heterocycles. The van der Waals surface area contributed by atoms with Crippen molar-refractivity contribution in [1.29, 1.82) is 0 Å². The fourth-order valence-electron chi connectivity index (χ4n) is 1.83. The number of alkyl halides is 1. The lowest BCUT2D eigenvalue weighted by Gasteiger charge is -2.10. The zero-order valence-electron chi connectivity index (χ0n) is 12.4. The molecule has 0 saturated heterocycles. The number of carbonyl (C=O) groups is 1. The molecule has 0 fully saturated rings. The molecule has 6 heteroatoms. The molecule has 0 radical (unpaired) electrons. The normalized spacial score (nSPS) is 11.7. The second-order valence-corrected chi connectivity index (χ2v) is 4.90. The van der Waals surface area contributed by atoms with Gasteiger partial charge in [-0.3, -0.25) is 0 Å². The van der Waals surface area contributed by atoms with Crippen molar-refractivity contribution >= 4 is 5.97 Å². The van der Waals surface area contributed by atoms with Crippen LogP contribution in [0.2, 0.25) is 0 Å². The minimum atomic E-state index is -2.05. The number of hydrogen-bond donors (Lipinski definition) is 2. The van der Waals surface area contributed by atoms with Crippen LogP contribution in [0.15, 0.2) is 48.5 Å². The Morgan fingerprint density at radius 2 is 1.70 bits per heavy atom. The van der Waals surface area contributed by atoms with E-state index in [1.807, 2.05) is 24.3 Å². The maximum atomic E-state index is 13.0. The molecule has 2 aromatic rings. The van der Waals surface area contributed by atoms with Crippen LogP contribution < -0.4 is 15.2 Å². The van der Waals surface area contributed by atoms with E-state index >= 15 is 0 Å². The summed E-state index contributed by atoms with van der Waals surface area (Å²) >= 11 is 0. The summed E-state index contributed by atoms with van der Waals surface area (Å²) in [5.41, 5.74) is 7.58. The first-order valence-electron chi connectivity index (χ1n) is 7.09. The van der Waals surface area contributed by atoms with Crippen LogP contribution in [0.25, 0.3) is 0 Å². The highest BCUT2D eigenvalue weighted by molar-refractivity contribution is 5.72. The van der Waals surface area contributed by atoms with E-state index in [9.17, 15) is 9.18 Å². The van der Waals surface area contributed by atoms with Crippen LogP contribution >= 0.6 is 0 Å². The van der Waals surface area contributed by atoms with Gasteiger partial charge in [0.2, 0.25) is 6.17 Å². The first kappa shape index (κ1) is 16.8. The van der Waals surface area contributed by atoms with Gasteiger partial charge in [-0.1, -0.05) is 30.3 Å². The average molecular weight is 319 g/mol. The molecular weight excluding hydrogens is 301 g/mol. The number of aliphatic carboxylic acids is 1. The van der Waals surface area contributed by atoms with Crippen LogP contribution in [0.4, 0.5) is 4.39 Å². The third-order valence-electron chi connectivity index (χ3n) is 3.13. The average Bonchev–Trinajstić information content (AvgIpc) is 2.58. The fourth-order valence-corrected chi connectivity index (χ4v) is 1.83. The largest absolute Gasteiger partial charge is 0.490 e. The van der Waals surface area contributed by atoms with Crippen LogP contribution in [0.5, 0.6) is 11.5 Å². The smallest absolute Gasteiger partial charge is 0.341 e. The van der Waals surface area contributed by atoms with Gasteiger partial charge in [-0.2, -0.15) is 0 Å². The van der Waals surface area contributed by atoms with Crippen molar-refractivity contribution in [1.82, 2.24) is 0 Å². The quantitative estimate of drug-likeness (QED) is 0.781. The Kier molecular flexibility index (Phi) is 5.94. The highest BCUT2D eigenvalue weighted by atomic mass is 19.1. The number of halogens is 1. The Bertz CT molecular complexity index is 645. The predicted octanol–water partition coefficient (Wildman–Crippen LogP) is 2.53. The monoisotopic (exact) mass is 319 g/mol. The van der Waals surface area contributed by atoms with Gasteiger partial charge in [0.05, 0.1) is 0 Å². The molecule has 0 saturated carbocycles. The fraction of sp³-hybridized carbons (Fsp3) is 0.235. The number of carboxylic acid groups (broad SMARTS) is 1. The van der Waals surface area contributed by atoms with Crippen LogP contribution in [0, 0.1) is 0 Å². The van der Waals surface area contributed by atoms with E-state index < -0.39 is 18.7 Å². The Balaban J connectivity index is 1.90. The molecule has 5 nitrogen and oxygen atoms in total. The summed E-state index contributed by atoms with van der Waals surface area (Å²) in [5, 5.41) is 8.47. The third kappa shape index (κ3) is 5.27. The lowest BCUT2D eigenvalue weighted by Crippen LogP contribution is -2.22. The van der Waals surface area contributed by atoms with Crippen molar-refractivity contribution in [3.8, 4) is 11.5 Å². The van der Waals surface area contributed by atoms with Gasteiger partial charge >= 0.3 is 5.97 Å². The van der Waals surface area contributed by atoms with Gasteiger partial charge in [0.1, 0.15) is 24.7 Å². The van der Waals surface area contributed by atoms with E-state index in [1.54, 1.807) is 24.3 Å². The Labute approximate surface area is 133 Å². The van der Waals surface area contributed by atoms with Gasteiger partial charge < -0.3 is 20.3 Å². The molecule has 1 unspecified atom stereocenters. The van der Waals surface area contributed by atoms with E-state index in [0.29, 0.717) is 24.7 Å². The highest BCUT2D eigenvalue weighted by Crippen LogP contribution is 2.21. The van der Waals surface area contributed by atoms with E-state index in [2.05, 4.69) is 0 Å². The van der Waals surface area contributed by atoms with Gasteiger partial charge in [-0.15, -0.1) is 0 Å². The molecule has 3 N–H and O–H groups in total. The molecular formula is C17H18FNO4. The molecule has 0 aliphatic rings. The molecule has 0 aromatic heterocycles. The molecule has 2 rings (SSSR count). The van der Waals surface area contributed by atoms with Crippen LogP contribution in [0.1, 0.15) is 11.1 Å². The zero-order chi connectivity index (χ0) is 16.7. The summed E-state index contributed by atoms with van der Waals surface area (Å²) in [6.07, 6.45) is -2.05. The molecule has 0 amide bonds. The molecule has 0 spiro atoms.